The molecule has 1 nitrogen and oxygen atoms in total. The second kappa shape index (κ2) is 4.28. The Labute approximate surface area is 69.3 Å². The van der Waals surface area contributed by atoms with Crippen LogP contribution in [0.3, 0.4) is 0 Å². The smallest absolute Gasteiger partial charge is 0.299 e. The van der Waals surface area contributed by atoms with E-state index in [9.17, 15) is 18.0 Å². The first-order valence-corrected chi connectivity index (χ1v) is 3.54. The van der Waals surface area contributed by atoms with Gasteiger partial charge in [0.2, 0.25) is 0 Å². The summed E-state index contributed by atoms with van der Waals surface area (Å²) in [5.41, 5.74) is 0.727. The second-order valence-electron chi connectivity index (χ2n) is 2.79. The van der Waals surface area contributed by atoms with Crippen LogP contribution in [0.1, 0.15) is 26.2 Å². The zero-order valence-corrected chi connectivity index (χ0v) is 6.87. The highest BCUT2D eigenvalue weighted by Gasteiger charge is 2.30. The first kappa shape index (κ1) is 11.2. The van der Waals surface area contributed by atoms with Gasteiger partial charge in [0.25, 0.3) is 0 Å². The topological polar surface area (TPSA) is 17.1 Å². The van der Waals surface area contributed by atoms with Crippen molar-refractivity contribution in [2.75, 3.05) is 0 Å². The molecule has 0 aliphatic carbocycles. The molecule has 0 unspecified atom stereocenters. The van der Waals surface area contributed by atoms with Crippen molar-refractivity contribution in [1.29, 1.82) is 0 Å². The van der Waals surface area contributed by atoms with Crippen LogP contribution < -0.4 is 0 Å². The minimum atomic E-state index is -4.37. The fourth-order valence-corrected chi connectivity index (χ4v) is 0.665. The maximum Gasteiger partial charge on any atom is 0.395 e. The fourth-order valence-electron chi connectivity index (χ4n) is 0.665. The average molecular weight is 180 g/mol. The van der Waals surface area contributed by atoms with Crippen LogP contribution in [0.4, 0.5) is 13.2 Å². The van der Waals surface area contributed by atoms with Gasteiger partial charge in [0.05, 0.1) is 0 Å². The third-order valence-electron chi connectivity index (χ3n) is 1.23. The Kier molecular flexibility index (Phi) is 4.00. The van der Waals surface area contributed by atoms with Crippen molar-refractivity contribution >= 4 is 5.78 Å². The summed E-state index contributed by atoms with van der Waals surface area (Å²) in [5, 5.41) is 0. The Morgan fingerprint density at radius 1 is 1.33 bits per heavy atom. The first-order valence-electron chi connectivity index (χ1n) is 3.54. The van der Waals surface area contributed by atoms with E-state index >= 15 is 0 Å². The van der Waals surface area contributed by atoms with Crippen molar-refractivity contribution in [3.05, 3.63) is 12.2 Å². The van der Waals surface area contributed by atoms with E-state index in [1.54, 1.807) is 6.92 Å². The van der Waals surface area contributed by atoms with E-state index in [-0.39, 0.29) is 6.42 Å². The number of alkyl halides is 3. The predicted octanol–water partition coefficient (Wildman–Crippen LogP) is 2.86. The Balaban J connectivity index is 3.68. The van der Waals surface area contributed by atoms with Crippen LogP contribution in [0.2, 0.25) is 0 Å². The van der Waals surface area contributed by atoms with Crippen molar-refractivity contribution in [3.63, 3.8) is 0 Å². The molecule has 0 saturated carbocycles. The molecule has 0 aromatic heterocycles. The summed E-state index contributed by atoms with van der Waals surface area (Å²) in [7, 11) is 0. The molecule has 0 saturated heterocycles. The van der Waals surface area contributed by atoms with Crippen LogP contribution in [0.25, 0.3) is 0 Å². The summed E-state index contributed by atoms with van der Waals surface area (Å²) in [4.78, 5) is 10.6. The van der Waals surface area contributed by atoms with Gasteiger partial charge < -0.3 is 0 Å². The van der Waals surface area contributed by atoms with Gasteiger partial charge in [-0.1, -0.05) is 5.57 Å². The lowest BCUT2D eigenvalue weighted by molar-refractivity contribution is -0.152. The van der Waals surface area contributed by atoms with E-state index in [2.05, 4.69) is 6.58 Å². The van der Waals surface area contributed by atoms with E-state index in [1.807, 2.05) is 0 Å². The molecule has 0 aliphatic heterocycles. The SMILES string of the molecule is C=C(C)CCC(=O)CC(F)(F)F. The monoisotopic (exact) mass is 180 g/mol. The fraction of sp³-hybridized carbons (Fsp3) is 0.625. The molecule has 12 heavy (non-hydrogen) atoms. The zero-order chi connectivity index (χ0) is 9.78. The molecular weight excluding hydrogens is 169 g/mol. The van der Waals surface area contributed by atoms with Crippen LogP contribution in [-0.2, 0) is 4.79 Å². The number of carbonyl (C=O) groups excluding carboxylic acids is 1. The summed E-state index contributed by atoms with van der Waals surface area (Å²) in [6.45, 7) is 5.17. The Hall–Kier alpha value is -0.800. The van der Waals surface area contributed by atoms with E-state index in [4.69, 9.17) is 0 Å². The highest BCUT2D eigenvalue weighted by atomic mass is 19.4. The number of carbonyl (C=O) groups is 1. The second-order valence-corrected chi connectivity index (χ2v) is 2.79. The van der Waals surface area contributed by atoms with E-state index in [1.165, 1.54) is 0 Å². The highest BCUT2D eigenvalue weighted by molar-refractivity contribution is 5.79. The summed E-state index contributed by atoms with van der Waals surface area (Å²) in [6, 6.07) is 0. The van der Waals surface area contributed by atoms with Crippen LogP contribution in [-0.4, -0.2) is 12.0 Å². The molecule has 0 radical (unpaired) electrons. The molecule has 0 aromatic rings. The highest BCUT2D eigenvalue weighted by Crippen LogP contribution is 2.21. The van der Waals surface area contributed by atoms with E-state index in [0.29, 0.717) is 6.42 Å². The molecule has 4 heteroatoms. The molecule has 0 heterocycles. The molecule has 0 aliphatic rings. The summed E-state index contributed by atoms with van der Waals surface area (Å²) < 4.78 is 34.8. The molecule has 70 valence electrons. The van der Waals surface area contributed by atoms with E-state index in [0.717, 1.165) is 5.57 Å². The Morgan fingerprint density at radius 3 is 2.17 bits per heavy atom. The molecule has 0 N–H and O–H groups in total. The molecule has 0 rings (SSSR count). The van der Waals surface area contributed by atoms with Crippen molar-refractivity contribution < 1.29 is 18.0 Å². The van der Waals surface area contributed by atoms with Gasteiger partial charge in [-0.05, 0) is 13.3 Å². The number of allylic oxidation sites excluding steroid dienone is 1. The minimum Gasteiger partial charge on any atom is -0.299 e. The molecule has 0 amide bonds. The normalized spacial score (nSPS) is 11.3. The lowest BCUT2D eigenvalue weighted by Crippen LogP contribution is -2.14. The van der Waals surface area contributed by atoms with Gasteiger partial charge in [-0.15, -0.1) is 6.58 Å². The Morgan fingerprint density at radius 2 is 1.83 bits per heavy atom. The van der Waals surface area contributed by atoms with Crippen LogP contribution in [0.5, 0.6) is 0 Å². The first-order chi connectivity index (χ1) is 5.31. The third kappa shape index (κ3) is 7.31. The molecule has 0 aromatic carbocycles. The van der Waals surface area contributed by atoms with Gasteiger partial charge in [-0.2, -0.15) is 13.2 Å². The van der Waals surface area contributed by atoms with Crippen molar-refractivity contribution in [1.82, 2.24) is 0 Å². The number of hydrogen-bond donors (Lipinski definition) is 0. The zero-order valence-electron chi connectivity index (χ0n) is 6.87. The number of rotatable bonds is 4. The van der Waals surface area contributed by atoms with Gasteiger partial charge in [-0.25, -0.2) is 0 Å². The van der Waals surface area contributed by atoms with Crippen molar-refractivity contribution in [2.24, 2.45) is 0 Å². The van der Waals surface area contributed by atoms with Crippen molar-refractivity contribution in [3.8, 4) is 0 Å². The predicted molar refractivity (Wildman–Crippen MR) is 39.7 cm³/mol. The summed E-state index contributed by atoms with van der Waals surface area (Å²) in [6.07, 6.45) is -5.41. The van der Waals surface area contributed by atoms with E-state index < -0.39 is 18.4 Å². The maximum atomic E-state index is 11.6. The quantitative estimate of drug-likeness (QED) is 0.608. The Bertz CT molecular complexity index is 181. The largest absolute Gasteiger partial charge is 0.395 e. The molecule has 0 fully saturated rings. The number of hydrogen-bond acceptors (Lipinski definition) is 1. The van der Waals surface area contributed by atoms with Crippen LogP contribution in [0, 0.1) is 0 Å². The standard InChI is InChI=1S/C8H11F3O/c1-6(2)3-4-7(12)5-8(9,10)11/h1,3-5H2,2H3. The number of halogens is 3. The molecular formula is C8H11F3O. The lowest BCUT2D eigenvalue weighted by Gasteiger charge is -2.04. The summed E-state index contributed by atoms with van der Waals surface area (Å²) in [5.74, 6) is -0.773. The van der Waals surface area contributed by atoms with Crippen LogP contribution >= 0.6 is 0 Å². The number of ketones is 1. The molecule has 0 atom stereocenters. The van der Waals surface area contributed by atoms with Gasteiger partial charge in [0, 0.05) is 6.42 Å². The van der Waals surface area contributed by atoms with Gasteiger partial charge in [-0.3, -0.25) is 4.79 Å². The van der Waals surface area contributed by atoms with Crippen molar-refractivity contribution in [2.45, 2.75) is 32.4 Å². The summed E-state index contributed by atoms with van der Waals surface area (Å²) >= 11 is 0. The van der Waals surface area contributed by atoms with Gasteiger partial charge in [0.15, 0.2) is 0 Å². The third-order valence-corrected chi connectivity index (χ3v) is 1.23. The molecule has 0 spiro atoms. The number of Topliss-reactive ketones (excluding diaryl/α,β-unsaturated/α-hetero) is 1. The maximum absolute atomic E-state index is 11.6. The van der Waals surface area contributed by atoms with Gasteiger partial charge >= 0.3 is 6.18 Å². The van der Waals surface area contributed by atoms with Gasteiger partial charge in [0.1, 0.15) is 12.2 Å². The van der Waals surface area contributed by atoms with Crippen LogP contribution in [0.15, 0.2) is 12.2 Å². The average Bonchev–Trinajstić information content (AvgIpc) is 1.79. The lowest BCUT2D eigenvalue weighted by atomic mass is 10.1. The molecule has 0 bridgehead atoms. The minimum absolute atomic E-state index is 0.0607.